The molecule has 0 aliphatic rings. The van der Waals surface area contributed by atoms with Gasteiger partial charge in [-0.3, -0.25) is 9.59 Å². The molecule has 3 amide bonds. The lowest BCUT2D eigenvalue weighted by molar-refractivity contribution is -0.144. The molecule has 1 rings (SSSR count). The number of nitrogens with one attached hydrogen (secondary N) is 2. The number of amides is 3. The second kappa shape index (κ2) is 12.8. The zero-order valence-corrected chi connectivity index (χ0v) is 23.0. The molecule has 0 saturated carbocycles. The van der Waals surface area contributed by atoms with Crippen LogP contribution in [0.3, 0.4) is 0 Å². The van der Waals surface area contributed by atoms with Gasteiger partial charge >= 0.3 is 6.09 Å². The first-order valence-electron chi connectivity index (χ1n) is 12.4. The lowest BCUT2D eigenvalue weighted by Gasteiger charge is -2.37. The van der Waals surface area contributed by atoms with E-state index in [4.69, 9.17) is 4.74 Å². The molecule has 2 atom stereocenters. The van der Waals surface area contributed by atoms with Gasteiger partial charge in [0.25, 0.3) is 0 Å². The standard InChI is InChI=1S/C28H45N3O4/c1-11-13-17-31(25(33)22(19(3)4)29-26(34)35-28(8,9)10)23(24(32)30-27(5,6)7)21-16-14-15-20(12-2)18-21/h12,14-16,18-19,22-23H,2,11,13,17H2,1,3-10H3,(H,29,34)(H,30,32). The monoisotopic (exact) mass is 487 g/mol. The second-order valence-electron chi connectivity index (χ2n) is 11.3. The van der Waals surface area contributed by atoms with Crippen LogP contribution in [0.1, 0.15) is 92.3 Å². The van der Waals surface area contributed by atoms with E-state index in [1.807, 2.05) is 65.8 Å². The Kier molecular flexibility index (Phi) is 11.0. The van der Waals surface area contributed by atoms with Gasteiger partial charge in [-0.25, -0.2) is 4.79 Å². The summed E-state index contributed by atoms with van der Waals surface area (Å²) in [5.74, 6) is -0.815. The third kappa shape index (κ3) is 10.1. The zero-order chi connectivity index (χ0) is 27.0. The average molecular weight is 488 g/mol. The minimum Gasteiger partial charge on any atom is -0.444 e. The Bertz CT molecular complexity index is 881. The normalized spacial score (nSPS) is 13.5. The van der Waals surface area contributed by atoms with Gasteiger partial charge in [0.05, 0.1) is 0 Å². The summed E-state index contributed by atoms with van der Waals surface area (Å²) in [7, 11) is 0. The molecule has 7 heteroatoms. The van der Waals surface area contributed by atoms with Crippen molar-refractivity contribution < 1.29 is 19.1 Å². The summed E-state index contributed by atoms with van der Waals surface area (Å²) in [6, 6.07) is 5.75. The van der Waals surface area contributed by atoms with Gasteiger partial charge in [0.15, 0.2) is 0 Å². The molecular weight excluding hydrogens is 442 g/mol. The third-order valence-corrected chi connectivity index (χ3v) is 5.16. The van der Waals surface area contributed by atoms with Crippen molar-refractivity contribution >= 4 is 24.0 Å². The molecule has 0 aliphatic heterocycles. The maximum atomic E-state index is 14.0. The van der Waals surface area contributed by atoms with Crippen LogP contribution in [0.15, 0.2) is 30.8 Å². The Morgan fingerprint density at radius 2 is 1.74 bits per heavy atom. The summed E-state index contributed by atoms with van der Waals surface area (Å²) in [5.41, 5.74) is 0.355. The number of ether oxygens (including phenoxy) is 1. The molecule has 0 bridgehead atoms. The average Bonchev–Trinajstić information content (AvgIpc) is 2.71. The maximum Gasteiger partial charge on any atom is 0.408 e. The summed E-state index contributed by atoms with van der Waals surface area (Å²) in [6.07, 6.45) is 2.60. The second-order valence-corrected chi connectivity index (χ2v) is 11.3. The summed E-state index contributed by atoms with van der Waals surface area (Å²) in [5, 5.41) is 5.78. The number of hydrogen-bond acceptors (Lipinski definition) is 4. The molecule has 196 valence electrons. The fraction of sp³-hybridized carbons (Fsp3) is 0.607. The van der Waals surface area contributed by atoms with Crippen molar-refractivity contribution in [2.75, 3.05) is 6.54 Å². The molecule has 1 aromatic rings. The number of benzene rings is 1. The van der Waals surface area contributed by atoms with Gasteiger partial charge in [0.2, 0.25) is 11.8 Å². The number of carbonyl (C=O) groups excluding carboxylic acids is 3. The SMILES string of the molecule is C=Cc1cccc(C(C(=O)NC(C)(C)C)N(CCCC)C(=O)C(NC(=O)OC(C)(C)C)C(C)C)c1. The van der Waals surface area contributed by atoms with Gasteiger partial charge < -0.3 is 20.3 Å². The zero-order valence-electron chi connectivity index (χ0n) is 23.0. The predicted molar refractivity (Wildman–Crippen MR) is 142 cm³/mol. The molecular formula is C28H45N3O4. The first-order valence-corrected chi connectivity index (χ1v) is 12.4. The number of unbranched alkanes of at least 4 members (excludes halogenated alkanes) is 1. The van der Waals surface area contributed by atoms with Crippen LogP contribution < -0.4 is 10.6 Å². The van der Waals surface area contributed by atoms with Gasteiger partial charge in [0.1, 0.15) is 17.7 Å². The van der Waals surface area contributed by atoms with Crippen LogP contribution in [0, 0.1) is 5.92 Å². The van der Waals surface area contributed by atoms with Crippen molar-refractivity contribution in [2.24, 2.45) is 5.92 Å². The molecule has 2 unspecified atom stereocenters. The highest BCUT2D eigenvalue weighted by molar-refractivity contribution is 5.92. The molecule has 2 N–H and O–H groups in total. The van der Waals surface area contributed by atoms with Crippen molar-refractivity contribution in [3.63, 3.8) is 0 Å². The fourth-order valence-electron chi connectivity index (χ4n) is 3.59. The molecule has 0 spiro atoms. The van der Waals surface area contributed by atoms with Gasteiger partial charge in [-0.05, 0) is 71.1 Å². The van der Waals surface area contributed by atoms with E-state index in [9.17, 15) is 14.4 Å². The highest BCUT2D eigenvalue weighted by Gasteiger charge is 2.38. The van der Waals surface area contributed by atoms with Crippen LogP contribution in [0.2, 0.25) is 0 Å². The van der Waals surface area contributed by atoms with E-state index in [0.717, 1.165) is 12.0 Å². The lowest BCUT2D eigenvalue weighted by Crippen LogP contribution is -2.56. The fourth-order valence-corrected chi connectivity index (χ4v) is 3.59. The smallest absolute Gasteiger partial charge is 0.408 e. The van der Waals surface area contributed by atoms with E-state index < -0.39 is 29.3 Å². The molecule has 0 aromatic heterocycles. The number of alkyl carbamates (subject to hydrolysis) is 1. The van der Waals surface area contributed by atoms with E-state index in [1.165, 1.54) is 0 Å². The van der Waals surface area contributed by atoms with Gasteiger partial charge in [-0.15, -0.1) is 0 Å². The predicted octanol–water partition coefficient (Wildman–Crippen LogP) is 5.46. The highest BCUT2D eigenvalue weighted by atomic mass is 16.6. The molecule has 0 heterocycles. The van der Waals surface area contributed by atoms with Crippen molar-refractivity contribution in [1.29, 1.82) is 0 Å². The number of rotatable bonds is 10. The molecule has 0 radical (unpaired) electrons. The van der Waals surface area contributed by atoms with Crippen molar-refractivity contribution in [3.8, 4) is 0 Å². The number of nitrogens with zero attached hydrogens (tertiary/aromatic N) is 1. The van der Waals surface area contributed by atoms with Gasteiger partial charge in [-0.1, -0.05) is 58.0 Å². The van der Waals surface area contributed by atoms with E-state index in [0.29, 0.717) is 18.5 Å². The maximum absolute atomic E-state index is 14.0. The molecule has 0 aliphatic carbocycles. The van der Waals surface area contributed by atoms with Gasteiger partial charge in [-0.2, -0.15) is 0 Å². The van der Waals surface area contributed by atoms with Crippen molar-refractivity contribution in [2.45, 2.75) is 98.4 Å². The van der Waals surface area contributed by atoms with E-state index >= 15 is 0 Å². The van der Waals surface area contributed by atoms with Crippen LogP contribution in [-0.4, -0.2) is 46.5 Å². The van der Waals surface area contributed by atoms with Crippen LogP contribution in [-0.2, 0) is 14.3 Å². The van der Waals surface area contributed by atoms with Crippen molar-refractivity contribution in [1.82, 2.24) is 15.5 Å². The van der Waals surface area contributed by atoms with E-state index in [1.54, 1.807) is 31.7 Å². The first kappa shape index (κ1) is 30.2. The molecule has 7 nitrogen and oxygen atoms in total. The third-order valence-electron chi connectivity index (χ3n) is 5.16. The summed E-state index contributed by atoms with van der Waals surface area (Å²) in [6.45, 7) is 21.0. The minimum atomic E-state index is -0.866. The first-order chi connectivity index (χ1) is 16.1. The summed E-state index contributed by atoms with van der Waals surface area (Å²) in [4.78, 5) is 41.8. The lowest BCUT2D eigenvalue weighted by atomic mass is 9.96. The minimum absolute atomic E-state index is 0.218. The van der Waals surface area contributed by atoms with Crippen molar-refractivity contribution in [3.05, 3.63) is 42.0 Å². The molecule has 35 heavy (non-hydrogen) atoms. The van der Waals surface area contributed by atoms with Crippen LogP contribution in [0.4, 0.5) is 4.79 Å². The Morgan fingerprint density at radius 3 is 2.23 bits per heavy atom. The Hall–Kier alpha value is -2.83. The topological polar surface area (TPSA) is 87.7 Å². The van der Waals surface area contributed by atoms with Crippen LogP contribution in [0.5, 0.6) is 0 Å². The largest absolute Gasteiger partial charge is 0.444 e. The summed E-state index contributed by atoms with van der Waals surface area (Å²) >= 11 is 0. The van der Waals surface area contributed by atoms with Crippen LogP contribution >= 0.6 is 0 Å². The summed E-state index contributed by atoms with van der Waals surface area (Å²) < 4.78 is 5.41. The molecule has 0 saturated heterocycles. The van der Waals surface area contributed by atoms with E-state index in [2.05, 4.69) is 17.2 Å². The Labute approximate surface area is 211 Å². The molecule has 1 aromatic carbocycles. The quantitative estimate of drug-likeness (QED) is 0.458. The Balaban J connectivity index is 3.53. The van der Waals surface area contributed by atoms with Crippen LogP contribution in [0.25, 0.3) is 6.08 Å². The van der Waals surface area contributed by atoms with Gasteiger partial charge in [0, 0.05) is 12.1 Å². The van der Waals surface area contributed by atoms with E-state index in [-0.39, 0.29) is 17.7 Å². The number of carbonyl (C=O) groups is 3. The highest BCUT2D eigenvalue weighted by Crippen LogP contribution is 2.26. The number of hydrogen-bond donors (Lipinski definition) is 2. The molecule has 0 fully saturated rings. The Morgan fingerprint density at radius 1 is 1.11 bits per heavy atom.